The summed E-state index contributed by atoms with van der Waals surface area (Å²) in [6.07, 6.45) is 0.770. The summed E-state index contributed by atoms with van der Waals surface area (Å²) in [7, 11) is 0. The summed E-state index contributed by atoms with van der Waals surface area (Å²) in [5, 5.41) is 0. The van der Waals surface area contributed by atoms with Crippen molar-refractivity contribution in [3.63, 3.8) is 0 Å². The summed E-state index contributed by atoms with van der Waals surface area (Å²) >= 11 is 0. The first-order valence-corrected chi connectivity index (χ1v) is 8.41. The van der Waals surface area contributed by atoms with E-state index in [2.05, 4.69) is 43.2 Å². The lowest BCUT2D eigenvalue weighted by Gasteiger charge is -2.19. The van der Waals surface area contributed by atoms with E-state index in [0.717, 1.165) is 41.1 Å². The van der Waals surface area contributed by atoms with E-state index in [1.165, 1.54) is 5.56 Å². The van der Waals surface area contributed by atoms with E-state index in [9.17, 15) is 0 Å². The third kappa shape index (κ3) is 3.35. The van der Waals surface area contributed by atoms with Gasteiger partial charge in [0.1, 0.15) is 5.75 Å². The second kappa shape index (κ2) is 6.91. The normalized spacial score (nSPS) is 12.3. The molecule has 0 aliphatic rings. The summed E-state index contributed by atoms with van der Waals surface area (Å²) in [4.78, 5) is 4.85. The quantitative estimate of drug-likeness (QED) is 0.565. The minimum atomic E-state index is -0.0847. The molecule has 124 valence electrons. The lowest BCUT2D eigenvalue weighted by molar-refractivity contribution is 0.187. The molecule has 0 N–H and O–H groups in total. The van der Waals surface area contributed by atoms with Crippen LogP contribution in [0.15, 0.2) is 60.7 Å². The Kier molecular flexibility index (Phi) is 4.70. The lowest BCUT2D eigenvalue weighted by atomic mass is 10.2. The molecule has 0 radical (unpaired) electrons. The number of allylic oxidation sites excluding steroid dienone is 1. The van der Waals surface area contributed by atoms with Crippen LogP contribution >= 0.6 is 0 Å². The zero-order valence-corrected chi connectivity index (χ0v) is 14.6. The highest BCUT2D eigenvalue weighted by Gasteiger charge is 2.20. The van der Waals surface area contributed by atoms with Gasteiger partial charge in [0.2, 0.25) is 0 Å². The van der Waals surface area contributed by atoms with Gasteiger partial charge in [0.15, 0.2) is 11.9 Å². The molecule has 0 saturated heterocycles. The zero-order valence-electron chi connectivity index (χ0n) is 14.6. The fourth-order valence-electron chi connectivity index (χ4n) is 2.95. The van der Waals surface area contributed by atoms with Crippen LogP contribution in [0.2, 0.25) is 0 Å². The molecule has 0 spiro atoms. The van der Waals surface area contributed by atoms with Gasteiger partial charge in [0.05, 0.1) is 11.0 Å². The Morgan fingerprint density at radius 2 is 2.00 bits per heavy atom. The Morgan fingerprint density at radius 3 is 2.71 bits per heavy atom. The molecule has 3 aromatic rings. The molecule has 1 atom stereocenters. The lowest BCUT2D eigenvalue weighted by Crippen LogP contribution is -2.14. The van der Waals surface area contributed by atoms with Crippen molar-refractivity contribution >= 4 is 11.0 Å². The summed E-state index contributed by atoms with van der Waals surface area (Å²) in [6, 6.07) is 16.4. The number of benzene rings is 2. The van der Waals surface area contributed by atoms with Gasteiger partial charge in [-0.3, -0.25) is 0 Å². The number of hydrogen-bond acceptors (Lipinski definition) is 2. The highest BCUT2D eigenvalue weighted by atomic mass is 16.5. The highest BCUT2D eigenvalue weighted by Crippen LogP contribution is 2.28. The number of fused-ring (bicyclic) bond motifs is 1. The predicted molar refractivity (Wildman–Crippen MR) is 99.4 cm³/mol. The van der Waals surface area contributed by atoms with E-state index in [4.69, 9.17) is 9.72 Å². The Morgan fingerprint density at radius 1 is 1.21 bits per heavy atom. The number of rotatable bonds is 6. The Bertz CT molecular complexity index is 863. The first-order valence-electron chi connectivity index (χ1n) is 8.41. The van der Waals surface area contributed by atoms with Gasteiger partial charge >= 0.3 is 0 Å². The number of aryl methyl sites for hydroxylation is 1. The first-order chi connectivity index (χ1) is 11.6. The standard InChI is InChI=1S/C21H24N2O/c1-5-20(24-17-10-8-9-16(4)13-17)21-22-18-11-6-7-12-19(18)23(21)14-15(2)3/h6-13,20H,2,5,14H2,1,3-4H3. The van der Waals surface area contributed by atoms with E-state index >= 15 is 0 Å². The van der Waals surface area contributed by atoms with Crippen LogP contribution in [0.5, 0.6) is 5.75 Å². The molecule has 1 unspecified atom stereocenters. The van der Waals surface area contributed by atoms with Crippen molar-refractivity contribution in [3.05, 3.63) is 72.1 Å². The van der Waals surface area contributed by atoms with Gasteiger partial charge in [-0.1, -0.05) is 43.3 Å². The molecule has 1 heterocycles. The maximum atomic E-state index is 6.27. The van der Waals surface area contributed by atoms with E-state index < -0.39 is 0 Å². The molecular formula is C21H24N2O. The number of imidazole rings is 1. The van der Waals surface area contributed by atoms with Crippen molar-refractivity contribution in [1.29, 1.82) is 0 Å². The number of aromatic nitrogens is 2. The molecule has 0 saturated carbocycles. The van der Waals surface area contributed by atoms with Crippen LogP contribution in [0.4, 0.5) is 0 Å². The first kappa shape index (κ1) is 16.3. The van der Waals surface area contributed by atoms with Crippen LogP contribution in [0.25, 0.3) is 11.0 Å². The maximum absolute atomic E-state index is 6.27. The van der Waals surface area contributed by atoms with Gasteiger partial charge in [-0.25, -0.2) is 4.98 Å². The smallest absolute Gasteiger partial charge is 0.156 e. The van der Waals surface area contributed by atoms with Gasteiger partial charge in [0.25, 0.3) is 0 Å². The van der Waals surface area contributed by atoms with Crippen molar-refractivity contribution in [2.24, 2.45) is 0 Å². The second-order valence-corrected chi connectivity index (χ2v) is 6.33. The van der Waals surface area contributed by atoms with Crippen molar-refractivity contribution in [2.45, 2.75) is 39.8 Å². The summed E-state index contributed by atoms with van der Waals surface area (Å²) in [5.74, 6) is 1.85. The van der Waals surface area contributed by atoms with Gasteiger partial charge in [-0.2, -0.15) is 0 Å². The van der Waals surface area contributed by atoms with E-state index in [-0.39, 0.29) is 6.10 Å². The molecule has 0 aliphatic carbocycles. The Labute approximate surface area is 143 Å². The third-order valence-corrected chi connectivity index (χ3v) is 4.04. The largest absolute Gasteiger partial charge is 0.483 e. The van der Waals surface area contributed by atoms with Gasteiger partial charge in [0, 0.05) is 6.54 Å². The highest BCUT2D eigenvalue weighted by molar-refractivity contribution is 5.76. The second-order valence-electron chi connectivity index (χ2n) is 6.33. The SMILES string of the molecule is C=C(C)Cn1c(C(CC)Oc2cccc(C)c2)nc2ccccc21. The van der Waals surface area contributed by atoms with Crippen molar-refractivity contribution in [1.82, 2.24) is 9.55 Å². The van der Waals surface area contributed by atoms with Crippen molar-refractivity contribution in [3.8, 4) is 5.75 Å². The van der Waals surface area contributed by atoms with Gasteiger partial charge in [-0.15, -0.1) is 0 Å². The molecule has 0 fully saturated rings. The number of hydrogen-bond donors (Lipinski definition) is 0. The van der Waals surface area contributed by atoms with E-state index in [1.807, 2.05) is 37.3 Å². The van der Waals surface area contributed by atoms with Crippen molar-refractivity contribution in [2.75, 3.05) is 0 Å². The molecule has 0 bridgehead atoms. The number of ether oxygens (including phenoxy) is 1. The minimum absolute atomic E-state index is 0.0847. The van der Waals surface area contributed by atoms with Crippen LogP contribution in [0, 0.1) is 6.92 Å². The molecular weight excluding hydrogens is 296 g/mol. The molecule has 3 rings (SSSR count). The van der Waals surface area contributed by atoms with Crippen LogP contribution in [0.1, 0.15) is 37.8 Å². The Balaban J connectivity index is 2.03. The fraction of sp³-hybridized carbons (Fsp3) is 0.286. The van der Waals surface area contributed by atoms with E-state index in [0.29, 0.717) is 0 Å². The fourth-order valence-corrected chi connectivity index (χ4v) is 2.95. The molecule has 0 amide bonds. The van der Waals surface area contributed by atoms with Crippen LogP contribution in [0.3, 0.4) is 0 Å². The molecule has 0 aliphatic heterocycles. The summed E-state index contributed by atoms with van der Waals surface area (Å²) in [5.41, 5.74) is 4.42. The third-order valence-electron chi connectivity index (χ3n) is 4.04. The molecule has 1 aromatic heterocycles. The number of para-hydroxylation sites is 2. The monoisotopic (exact) mass is 320 g/mol. The molecule has 24 heavy (non-hydrogen) atoms. The van der Waals surface area contributed by atoms with Crippen molar-refractivity contribution < 1.29 is 4.74 Å². The average Bonchev–Trinajstić information content (AvgIpc) is 2.91. The maximum Gasteiger partial charge on any atom is 0.156 e. The molecule has 3 heteroatoms. The van der Waals surface area contributed by atoms with Crippen LogP contribution in [-0.4, -0.2) is 9.55 Å². The number of nitrogens with zero attached hydrogens (tertiary/aromatic N) is 2. The molecule has 2 aromatic carbocycles. The van der Waals surface area contributed by atoms with E-state index in [1.54, 1.807) is 0 Å². The topological polar surface area (TPSA) is 27.1 Å². The summed E-state index contributed by atoms with van der Waals surface area (Å²) in [6.45, 7) is 11.1. The van der Waals surface area contributed by atoms with Gasteiger partial charge in [-0.05, 0) is 50.1 Å². The van der Waals surface area contributed by atoms with Gasteiger partial charge < -0.3 is 9.30 Å². The Hall–Kier alpha value is -2.55. The van der Waals surface area contributed by atoms with Crippen LogP contribution < -0.4 is 4.74 Å². The average molecular weight is 320 g/mol. The zero-order chi connectivity index (χ0) is 17.1. The van der Waals surface area contributed by atoms with Crippen LogP contribution in [-0.2, 0) is 6.54 Å². The minimum Gasteiger partial charge on any atom is -0.483 e. The molecule has 3 nitrogen and oxygen atoms in total. The predicted octanol–water partition coefficient (Wildman–Crippen LogP) is 5.45. The summed E-state index contributed by atoms with van der Waals surface area (Å²) < 4.78 is 8.49.